The molecule has 1 amide bonds. The summed E-state index contributed by atoms with van der Waals surface area (Å²) < 4.78 is 0. The molecule has 32 heavy (non-hydrogen) atoms. The number of hydrogen-bond donors (Lipinski definition) is 1. The van der Waals surface area contributed by atoms with Crippen LogP contribution in [0.1, 0.15) is 29.5 Å². The summed E-state index contributed by atoms with van der Waals surface area (Å²) in [7, 11) is 0. The molecule has 1 N–H and O–H groups in total. The number of nitrogens with one attached hydrogen (secondary N) is 1. The third-order valence-corrected chi connectivity index (χ3v) is 7.28. The Balaban J connectivity index is 1.16. The molecule has 6 heteroatoms. The molecule has 5 rings (SSSR count). The lowest BCUT2D eigenvalue weighted by Gasteiger charge is -2.39. The van der Waals surface area contributed by atoms with Crippen molar-refractivity contribution in [1.82, 2.24) is 14.9 Å². The molecule has 3 heterocycles. The number of carbonyl (C=O) groups excluding carboxylic acids is 1. The van der Waals surface area contributed by atoms with E-state index in [2.05, 4.69) is 76.9 Å². The molecule has 0 radical (unpaired) electrons. The highest BCUT2D eigenvalue weighted by Crippen LogP contribution is 2.27. The topological polar surface area (TPSA) is 55.5 Å². The molecule has 2 fully saturated rings. The summed E-state index contributed by atoms with van der Waals surface area (Å²) in [5, 5.41) is 0. The molecule has 168 valence electrons. The van der Waals surface area contributed by atoms with E-state index in [1.165, 1.54) is 22.4 Å². The first-order valence-electron chi connectivity index (χ1n) is 11.8. The van der Waals surface area contributed by atoms with Crippen molar-refractivity contribution >= 4 is 28.6 Å². The fourth-order valence-corrected chi connectivity index (χ4v) is 5.10. The summed E-state index contributed by atoms with van der Waals surface area (Å²) in [6.07, 6.45) is 1.79. The Labute approximate surface area is 190 Å². The van der Waals surface area contributed by atoms with Crippen LogP contribution < -0.4 is 9.80 Å². The van der Waals surface area contributed by atoms with Crippen LogP contribution >= 0.6 is 0 Å². The van der Waals surface area contributed by atoms with E-state index in [0.29, 0.717) is 5.91 Å². The average molecular weight is 432 g/mol. The van der Waals surface area contributed by atoms with Crippen molar-refractivity contribution in [3.63, 3.8) is 0 Å². The number of benzene rings is 2. The predicted octanol–water partition coefficient (Wildman–Crippen LogP) is 4.05. The summed E-state index contributed by atoms with van der Waals surface area (Å²) in [4.78, 5) is 28.2. The number of piperazine rings is 1. The maximum absolute atomic E-state index is 13.2. The van der Waals surface area contributed by atoms with Crippen LogP contribution in [0.2, 0.25) is 0 Å². The molecule has 1 aromatic heterocycles. The molecule has 0 atom stereocenters. The minimum atomic E-state index is 0.130. The zero-order chi connectivity index (χ0) is 22.2. The normalized spacial score (nSPS) is 17.9. The number of fused-ring (bicyclic) bond motifs is 1. The van der Waals surface area contributed by atoms with E-state index in [9.17, 15) is 4.79 Å². The van der Waals surface area contributed by atoms with Crippen molar-refractivity contribution < 1.29 is 4.79 Å². The van der Waals surface area contributed by atoms with Gasteiger partial charge in [-0.15, -0.1) is 0 Å². The number of piperidine rings is 1. The maximum Gasteiger partial charge on any atom is 0.225 e. The van der Waals surface area contributed by atoms with Crippen LogP contribution in [-0.2, 0) is 4.79 Å². The number of imidazole rings is 1. The SMILES string of the molecule is Cc1ccc2nc(N3CCC(C(=O)N4CCN(c5cccc(C)c5C)CC4)CC3)[nH]c2c1. The van der Waals surface area contributed by atoms with E-state index in [4.69, 9.17) is 4.98 Å². The number of anilines is 2. The lowest BCUT2D eigenvalue weighted by molar-refractivity contribution is -0.136. The number of amides is 1. The van der Waals surface area contributed by atoms with Crippen molar-refractivity contribution in [2.45, 2.75) is 33.6 Å². The van der Waals surface area contributed by atoms with Gasteiger partial charge in [0.2, 0.25) is 11.9 Å². The van der Waals surface area contributed by atoms with Gasteiger partial charge in [-0.05, 0) is 68.5 Å². The molecular formula is C26H33N5O. The second-order valence-electron chi connectivity index (χ2n) is 9.37. The molecule has 6 nitrogen and oxygen atoms in total. The average Bonchev–Trinajstić information content (AvgIpc) is 3.24. The van der Waals surface area contributed by atoms with Crippen LogP contribution in [0.4, 0.5) is 11.6 Å². The number of nitrogens with zero attached hydrogens (tertiary/aromatic N) is 4. The Morgan fingerprint density at radius 3 is 2.44 bits per heavy atom. The Morgan fingerprint density at radius 2 is 1.69 bits per heavy atom. The van der Waals surface area contributed by atoms with Gasteiger partial charge in [0, 0.05) is 50.9 Å². The first-order chi connectivity index (χ1) is 15.5. The zero-order valence-corrected chi connectivity index (χ0v) is 19.4. The van der Waals surface area contributed by atoms with Crippen LogP contribution in [0.15, 0.2) is 36.4 Å². The quantitative estimate of drug-likeness (QED) is 0.680. The van der Waals surface area contributed by atoms with Gasteiger partial charge in [-0.2, -0.15) is 0 Å². The molecule has 2 aliphatic rings. The first-order valence-corrected chi connectivity index (χ1v) is 11.8. The fourth-order valence-electron chi connectivity index (χ4n) is 5.10. The molecule has 0 spiro atoms. The third-order valence-electron chi connectivity index (χ3n) is 7.28. The number of rotatable bonds is 3. The highest BCUT2D eigenvalue weighted by Gasteiger charge is 2.31. The summed E-state index contributed by atoms with van der Waals surface area (Å²) in [6, 6.07) is 12.8. The van der Waals surface area contributed by atoms with Gasteiger partial charge in [0.05, 0.1) is 11.0 Å². The predicted molar refractivity (Wildman–Crippen MR) is 130 cm³/mol. The maximum atomic E-state index is 13.2. The Kier molecular flexibility index (Phi) is 5.53. The summed E-state index contributed by atoms with van der Waals surface area (Å²) in [5.41, 5.74) is 7.30. The van der Waals surface area contributed by atoms with Crippen molar-refractivity contribution in [2.24, 2.45) is 5.92 Å². The van der Waals surface area contributed by atoms with Gasteiger partial charge in [-0.3, -0.25) is 4.79 Å². The third kappa shape index (κ3) is 3.94. The molecule has 0 unspecified atom stereocenters. The van der Waals surface area contributed by atoms with Crippen LogP contribution in [0.25, 0.3) is 11.0 Å². The Morgan fingerprint density at radius 1 is 0.938 bits per heavy atom. The molecule has 3 aromatic rings. The van der Waals surface area contributed by atoms with Gasteiger partial charge in [0.25, 0.3) is 0 Å². The van der Waals surface area contributed by atoms with Gasteiger partial charge >= 0.3 is 0 Å². The van der Waals surface area contributed by atoms with Gasteiger partial charge in [0.15, 0.2) is 0 Å². The number of hydrogen-bond acceptors (Lipinski definition) is 4. The fraction of sp³-hybridized carbons (Fsp3) is 0.462. The van der Waals surface area contributed by atoms with Gasteiger partial charge in [-0.25, -0.2) is 4.98 Å². The van der Waals surface area contributed by atoms with Crippen LogP contribution in [-0.4, -0.2) is 60.0 Å². The molecule has 0 bridgehead atoms. The number of carbonyl (C=O) groups is 1. The van der Waals surface area contributed by atoms with Crippen LogP contribution in [0, 0.1) is 26.7 Å². The summed E-state index contributed by atoms with van der Waals surface area (Å²) >= 11 is 0. The van der Waals surface area contributed by atoms with E-state index < -0.39 is 0 Å². The van der Waals surface area contributed by atoms with E-state index >= 15 is 0 Å². The molecular weight excluding hydrogens is 398 g/mol. The van der Waals surface area contributed by atoms with Gasteiger partial charge < -0.3 is 19.7 Å². The Hall–Kier alpha value is -3.02. The molecule has 0 aliphatic carbocycles. The minimum Gasteiger partial charge on any atom is -0.368 e. The second kappa shape index (κ2) is 8.49. The standard InChI is InChI=1S/C26H33N5O/c1-18-7-8-22-23(17-18)28-26(27-22)31-11-9-21(10-12-31)25(32)30-15-13-29(14-16-30)24-6-4-5-19(2)20(24)3/h4-8,17,21H,9-16H2,1-3H3,(H,27,28). The Bertz CT molecular complexity index is 1120. The van der Waals surface area contributed by atoms with Gasteiger partial charge in [-0.1, -0.05) is 18.2 Å². The number of aromatic amines is 1. The summed E-state index contributed by atoms with van der Waals surface area (Å²) in [6.45, 7) is 11.6. The largest absolute Gasteiger partial charge is 0.368 e. The van der Waals surface area contributed by atoms with E-state index in [1.807, 2.05) is 0 Å². The van der Waals surface area contributed by atoms with Crippen molar-refractivity contribution in [3.05, 3.63) is 53.1 Å². The van der Waals surface area contributed by atoms with E-state index in [-0.39, 0.29) is 5.92 Å². The first kappa shape index (κ1) is 20.9. The lowest BCUT2D eigenvalue weighted by atomic mass is 9.95. The zero-order valence-electron chi connectivity index (χ0n) is 19.4. The highest BCUT2D eigenvalue weighted by molar-refractivity contribution is 5.80. The highest BCUT2D eigenvalue weighted by atomic mass is 16.2. The second-order valence-corrected chi connectivity index (χ2v) is 9.37. The number of aryl methyl sites for hydroxylation is 2. The van der Waals surface area contributed by atoms with Gasteiger partial charge in [0.1, 0.15) is 0 Å². The number of aromatic nitrogens is 2. The summed E-state index contributed by atoms with van der Waals surface area (Å²) in [5.74, 6) is 1.40. The minimum absolute atomic E-state index is 0.130. The van der Waals surface area contributed by atoms with Crippen molar-refractivity contribution in [1.29, 1.82) is 0 Å². The van der Waals surface area contributed by atoms with E-state index in [1.54, 1.807) is 0 Å². The van der Waals surface area contributed by atoms with Crippen LogP contribution in [0.3, 0.4) is 0 Å². The number of H-pyrrole nitrogens is 1. The monoisotopic (exact) mass is 431 g/mol. The molecule has 2 aliphatic heterocycles. The van der Waals surface area contributed by atoms with Crippen molar-refractivity contribution in [3.8, 4) is 0 Å². The molecule has 2 saturated heterocycles. The lowest BCUT2D eigenvalue weighted by Crippen LogP contribution is -2.52. The molecule has 0 saturated carbocycles. The van der Waals surface area contributed by atoms with E-state index in [0.717, 1.165) is 69.1 Å². The smallest absolute Gasteiger partial charge is 0.225 e. The van der Waals surface area contributed by atoms with Crippen LogP contribution in [0.5, 0.6) is 0 Å². The molecule has 2 aromatic carbocycles. The van der Waals surface area contributed by atoms with Crippen molar-refractivity contribution in [2.75, 3.05) is 49.1 Å².